The maximum atomic E-state index is 12.7. The number of urea groups is 1. The molecule has 28 heavy (non-hydrogen) atoms. The topological polar surface area (TPSA) is 80.8 Å². The summed E-state index contributed by atoms with van der Waals surface area (Å²) in [5.74, 6) is -0.434. The van der Waals surface area contributed by atoms with Gasteiger partial charge >= 0.3 is 12.0 Å². The second-order valence-electron chi connectivity index (χ2n) is 7.82. The Kier molecular flexibility index (Phi) is 5.01. The number of likely N-dealkylation sites (tertiary alicyclic amines) is 1. The van der Waals surface area contributed by atoms with E-state index in [0.29, 0.717) is 23.6 Å². The highest BCUT2D eigenvalue weighted by Gasteiger charge is 2.30. The molecule has 4 heterocycles. The lowest BCUT2D eigenvalue weighted by atomic mass is 9.95. The molecule has 2 aromatic rings. The Balaban J connectivity index is 1.76. The van der Waals surface area contributed by atoms with E-state index in [9.17, 15) is 9.59 Å². The molecule has 0 saturated carbocycles. The minimum Gasteiger partial charge on any atom is -0.462 e. The molecule has 150 valence electrons. The van der Waals surface area contributed by atoms with Gasteiger partial charge in [-0.25, -0.2) is 14.6 Å². The average Bonchev–Trinajstić information content (AvgIpc) is 3.28. The van der Waals surface area contributed by atoms with E-state index in [4.69, 9.17) is 14.5 Å². The van der Waals surface area contributed by atoms with E-state index in [1.165, 1.54) is 11.3 Å². The highest BCUT2D eigenvalue weighted by molar-refractivity contribution is 7.21. The van der Waals surface area contributed by atoms with Crippen LogP contribution in [0.3, 0.4) is 0 Å². The SMILES string of the molecule is CCOC(=O)c1sc2nc3c(cc2c1NC(=O)N1CCCC1)COC(C)(C)C3. The molecule has 8 heteroatoms. The number of carbonyl (C=O) groups excluding carboxylic acids is 2. The van der Waals surface area contributed by atoms with E-state index in [2.05, 4.69) is 5.32 Å². The standard InChI is InChI=1S/C20H25N3O4S/c1-4-26-18(24)16-15(22-19(25)23-7-5-6-8-23)13-9-12-11-27-20(2,3)10-14(12)21-17(13)28-16/h9H,4-8,10-11H2,1-3H3,(H,22,25). The van der Waals surface area contributed by atoms with Crippen molar-refractivity contribution in [2.45, 2.75) is 52.2 Å². The second-order valence-corrected chi connectivity index (χ2v) is 8.82. The first-order chi connectivity index (χ1) is 13.4. The van der Waals surface area contributed by atoms with Gasteiger partial charge in [0, 0.05) is 30.5 Å². The predicted octanol–water partition coefficient (Wildman–Crippen LogP) is 3.95. The molecule has 0 atom stereocenters. The third-order valence-electron chi connectivity index (χ3n) is 5.15. The molecule has 1 N–H and O–H groups in total. The lowest BCUT2D eigenvalue weighted by Gasteiger charge is -2.31. The van der Waals surface area contributed by atoms with Crippen LogP contribution in [0.15, 0.2) is 6.07 Å². The van der Waals surface area contributed by atoms with Gasteiger partial charge in [0.25, 0.3) is 0 Å². The quantitative estimate of drug-likeness (QED) is 0.785. The van der Waals surface area contributed by atoms with Gasteiger partial charge in [-0.05, 0) is 39.7 Å². The molecule has 2 aliphatic rings. The van der Waals surface area contributed by atoms with Crippen LogP contribution >= 0.6 is 11.3 Å². The first-order valence-corrected chi connectivity index (χ1v) is 10.5. The zero-order valence-corrected chi connectivity index (χ0v) is 17.3. The number of rotatable bonds is 3. The van der Waals surface area contributed by atoms with Crippen LogP contribution in [0, 0.1) is 0 Å². The lowest BCUT2D eigenvalue weighted by Crippen LogP contribution is -2.33. The van der Waals surface area contributed by atoms with E-state index in [0.717, 1.165) is 47.4 Å². The smallest absolute Gasteiger partial charge is 0.350 e. The number of esters is 1. The zero-order chi connectivity index (χ0) is 19.9. The van der Waals surface area contributed by atoms with E-state index < -0.39 is 5.97 Å². The molecule has 0 bridgehead atoms. The highest BCUT2D eigenvalue weighted by Crippen LogP contribution is 2.39. The van der Waals surface area contributed by atoms with Gasteiger partial charge in [0.15, 0.2) is 0 Å². The fraction of sp³-hybridized carbons (Fsp3) is 0.550. The minimum atomic E-state index is -0.434. The molecule has 1 fully saturated rings. The monoisotopic (exact) mass is 403 g/mol. The van der Waals surface area contributed by atoms with Crippen molar-refractivity contribution < 1.29 is 19.1 Å². The molecule has 4 rings (SSSR count). The molecule has 0 unspecified atom stereocenters. The number of nitrogens with one attached hydrogen (secondary N) is 1. The van der Waals surface area contributed by atoms with Crippen LogP contribution in [0.2, 0.25) is 0 Å². The van der Waals surface area contributed by atoms with Crippen LogP contribution in [-0.4, -0.2) is 47.2 Å². The maximum absolute atomic E-state index is 12.7. The van der Waals surface area contributed by atoms with Gasteiger partial charge in [0.05, 0.1) is 30.2 Å². The van der Waals surface area contributed by atoms with Crippen molar-refractivity contribution in [3.8, 4) is 0 Å². The van der Waals surface area contributed by atoms with Gasteiger partial charge in [0.1, 0.15) is 9.71 Å². The number of pyridine rings is 1. The van der Waals surface area contributed by atoms with Gasteiger partial charge in [-0.15, -0.1) is 11.3 Å². The summed E-state index contributed by atoms with van der Waals surface area (Å²) in [6, 6.07) is 1.81. The van der Waals surface area contributed by atoms with Crippen molar-refractivity contribution in [3.63, 3.8) is 0 Å². The molecule has 2 amide bonds. The summed E-state index contributed by atoms with van der Waals surface area (Å²) in [5, 5.41) is 3.72. The zero-order valence-electron chi connectivity index (χ0n) is 16.5. The minimum absolute atomic E-state index is 0.183. The third-order valence-corrected chi connectivity index (χ3v) is 6.23. The van der Waals surface area contributed by atoms with E-state index >= 15 is 0 Å². The number of fused-ring (bicyclic) bond motifs is 2. The summed E-state index contributed by atoms with van der Waals surface area (Å²) in [7, 11) is 0. The summed E-state index contributed by atoms with van der Waals surface area (Å²) in [6.45, 7) is 8.07. The molecular weight excluding hydrogens is 378 g/mol. The Hall–Kier alpha value is -2.19. The van der Waals surface area contributed by atoms with E-state index in [1.807, 2.05) is 19.9 Å². The van der Waals surface area contributed by atoms with Gasteiger partial charge in [-0.2, -0.15) is 0 Å². The fourth-order valence-electron chi connectivity index (χ4n) is 3.68. The molecule has 0 spiro atoms. The maximum Gasteiger partial charge on any atom is 0.350 e. The Labute approximate surface area is 168 Å². The number of amides is 2. The number of aromatic nitrogens is 1. The van der Waals surface area contributed by atoms with Crippen molar-refractivity contribution in [3.05, 3.63) is 22.2 Å². The average molecular weight is 404 g/mol. The summed E-state index contributed by atoms with van der Waals surface area (Å²) < 4.78 is 11.1. The number of ether oxygens (including phenoxy) is 2. The van der Waals surface area contributed by atoms with Gasteiger partial charge in [-0.3, -0.25) is 0 Å². The van der Waals surface area contributed by atoms with Gasteiger partial charge in [-0.1, -0.05) is 0 Å². The highest BCUT2D eigenvalue weighted by atomic mass is 32.1. The van der Waals surface area contributed by atoms with Crippen molar-refractivity contribution in [2.24, 2.45) is 0 Å². The Morgan fingerprint density at radius 1 is 1.36 bits per heavy atom. The first kappa shape index (κ1) is 19.1. The van der Waals surface area contributed by atoms with Crippen LogP contribution < -0.4 is 5.32 Å². The van der Waals surface area contributed by atoms with Crippen molar-refractivity contribution in [2.75, 3.05) is 25.0 Å². The Morgan fingerprint density at radius 2 is 2.11 bits per heavy atom. The van der Waals surface area contributed by atoms with Gasteiger partial charge in [0.2, 0.25) is 0 Å². The van der Waals surface area contributed by atoms with Crippen molar-refractivity contribution in [1.82, 2.24) is 9.88 Å². The van der Waals surface area contributed by atoms with Crippen molar-refractivity contribution in [1.29, 1.82) is 0 Å². The molecule has 0 aromatic carbocycles. The normalized spacial score (nSPS) is 18.2. The Bertz CT molecular complexity index is 931. The van der Waals surface area contributed by atoms with Crippen LogP contribution in [0.5, 0.6) is 0 Å². The van der Waals surface area contributed by atoms with Crippen LogP contribution in [0.1, 0.15) is 54.5 Å². The molecule has 1 saturated heterocycles. The third kappa shape index (κ3) is 3.58. The van der Waals surface area contributed by atoms with Gasteiger partial charge < -0.3 is 19.7 Å². The van der Waals surface area contributed by atoms with Crippen LogP contribution in [-0.2, 0) is 22.5 Å². The number of nitrogens with zero attached hydrogens (tertiary/aromatic N) is 2. The predicted molar refractivity (Wildman–Crippen MR) is 108 cm³/mol. The van der Waals surface area contributed by atoms with Crippen molar-refractivity contribution >= 4 is 39.2 Å². The largest absolute Gasteiger partial charge is 0.462 e. The fourth-order valence-corrected chi connectivity index (χ4v) is 4.70. The number of carbonyl (C=O) groups is 2. The summed E-state index contributed by atoms with van der Waals surface area (Å²) >= 11 is 1.27. The van der Waals surface area contributed by atoms with Crippen LogP contribution in [0.25, 0.3) is 10.2 Å². The molecule has 7 nitrogen and oxygen atoms in total. The summed E-state index contributed by atoms with van der Waals surface area (Å²) in [4.78, 5) is 32.9. The molecule has 2 aromatic heterocycles. The molecule has 0 radical (unpaired) electrons. The number of anilines is 1. The lowest BCUT2D eigenvalue weighted by molar-refractivity contribution is -0.0411. The summed E-state index contributed by atoms with van der Waals surface area (Å²) in [6.07, 6.45) is 2.72. The first-order valence-electron chi connectivity index (χ1n) is 9.70. The van der Waals surface area contributed by atoms with Crippen LogP contribution in [0.4, 0.5) is 10.5 Å². The van der Waals surface area contributed by atoms with E-state index in [-0.39, 0.29) is 18.2 Å². The Morgan fingerprint density at radius 3 is 2.82 bits per heavy atom. The number of hydrogen-bond donors (Lipinski definition) is 1. The molecular formula is C20H25N3O4S. The number of hydrogen-bond acceptors (Lipinski definition) is 6. The van der Waals surface area contributed by atoms with E-state index in [1.54, 1.807) is 11.8 Å². The molecule has 2 aliphatic heterocycles. The second kappa shape index (κ2) is 7.33. The molecule has 0 aliphatic carbocycles. The summed E-state index contributed by atoms with van der Waals surface area (Å²) in [5.41, 5.74) is 2.21. The number of thiophene rings is 1.